The van der Waals surface area contributed by atoms with Gasteiger partial charge in [-0.05, 0) is 49.7 Å². The molecule has 0 bridgehead atoms. The van der Waals surface area contributed by atoms with Gasteiger partial charge in [0.05, 0.1) is 19.8 Å². The van der Waals surface area contributed by atoms with Crippen LogP contribution in [0.5, 0.6) is 11.5 Å². The summed E-state index contributed by atoms with van der Waals surface area (Å²) in [4.78, 5) is 18.4. The van der Waals surface area contributed by atoms with Gasteiger partial charge in [0.2, 0.25) is 0 Å². The minimum absolute atomic E-state index is 0.229. The number of benzene rings is 2. The van der Waals surface area contributed by atoms with Crippen LogP contribution >= 0.6 is 11.8 Å². The monoisotopic (exact) mass is 394 g/mol. The number of pyridine rings is 1. The van der Waals surface area contributed by atoms with Gasteiger partial charge in [0.15, 0.2) is 11.5 Å². The standard InChI is InChI=1S/C22H22N2O3S/c1-14-7-10-20(15(2)12-14)28-22-17(6-5-11-23-22)21(25)24-16-8-9-18(26-3)19(13-16)27-4/h5-13H,1-4H3,(H,24,25). The number of hydrogen-bond acceptors (Lipinski definition) is 5. The zero-order valence-corrected chi connectivity index (χ0v) is 17.1. The number of amides is 1. The van der Waals surface area contributed by atoms with Crippen molar-refractivity contribution >= 4 is 23.4 Å². The molecule has 0 radical (unpaired) electrons. The number of aromatic nitrogens is 1. The Hall–Kier alpha value is -2.99. The van der Waals surface area contributed by atoms with E-state index in [1.807, 2.05) is 0 Å². The highest BCUT2D eigenvalue weighted by Crippen LogP contribution is 2.33. The molecule has 0 unspecified atom stereocenters. The average Bonchev–Trinajstić information content (AvgIpc) is 2.70. The summed E-state index contributed by atoms with van der Waals surface area (Å²) < 4.78 is 10.5. The Labute approximate surface area is 169 Å². The van der Waals surface area contributed by atoms with Crippen molar-refractivity contribution in [2.75, 3.05) is 19.5 Å². The normalized spacial score (nSPS) is 10.4. The van der Waals surface area contributed by atoms with Crippen LogP contribution in [0.25, 0.3) is 0 Å². The lowest BCUT2D eigenvalue weighted by molar-refractivity contribution is 0.102. The summed E-state index contributed by atoms with van der Waals surface area (Å²) in [7, 11) is 3.13. The van der Waals surface area contributed by atoms with Gasteiger partial charge in [-0.1, -0.05) is 29.5 Å². The van der Waals surface area contributed by atoms with E-state index in [9.17, 15) is 4.79 Å². The van der Waals surface area contributed by atoms with E-state index in [0.29, 0.717) is 27.8 Å². The number of carbonyl (C=O) groups excluding carboxylic acids is 1. The van der Waals surface area contributed by atoms with Gasteiger partial charge >= 0.3 is 0 Å². The van der Waals surface area contributed by atoms with Crippen molar-refractivity contribution in [3.63, 3.8) is 0 Å². The third-order valence-corrected chi connectivity index (χ3v) is 5.39. The lowest BCUT2D eigenvalue weighted by Crippen LogP contribution is -2.13. The quantitative estimate of drug-likeness (QED) is 0.629. The number of nitrogens with zero attached hydrogens (tertiary/aromatic N) is 1. The van der Waals surface area contributed by atoms with Crippen LogP contribution in [-0.4, -0.2) is 25.1 Å². The highest BCUT2D eigenvalue weighted by atomic mass is 32.2. The molecular weight excluding hydrogens is 372 g/mol. The number of hydrogen-bond donors (Lipinski definition) is 1. The fourth-order valence-corrected chi connectivity index (χ4v) is 3.72. The zero-order valence-electron chi connectivity index (χ0n) is 16.3. The van der Waals surface area contributed by atoms with Crippen molar-refractivity contribution in [3.05, 3.63) is 71.4 Å². The van der Waals surface area contributed by atoms with Gasteiger partial charge in [0, 0.05) is 22.8 Å². The summed E-state index contributed by atoms with van der Waals surface area (Å²) in [5.74, 6) is 0.928. The molecule has 3 rings (SSSR count). The molecular formula is C22H22N2O3S. The molecule has 144 valence electrons. The Bertz CT molecular complexity index is 1000. The second kappa shape index (κ2) is 8.80. The average molecular weight is 394 g/mol. The lowest BCUT2D eigenvalue weighted by atomic mass is 10.2. The SMILES string of the molecule is COc1ccc(NC(=O)c2cccnc2Sc2ccc(C)cc2C)cc1OC. The maximum Gasteiger partial charge on any atom is 0.258 e. The van der Waals surface area contributed by atoms with Crippen LogP contribution in [0.2, 0.25) is 0 Å². The number of aryl methyl sites for hydroxylation is 2. The number of ether oxygens (including phenoxy) is 2. The Balaban J connectivity index is 1.85. The first-order valence-corrected chi connectivity index (χ1v) is 9.57. The summed E-state index contributed by atoms with van der Waals surface area (Å²) in [5, 5.41) is 3.57. The summed E-state index contributed by atoms with van der Waals surface area (Å²) in [6, 6.07) is 15.0. The Morgan fingerprint density at radius 1 is 1.00 bits per heavy atom. The van der Waals surface area contributed by atoms with Crippen LogP contribution in [0.4, 0.5) is 5.69 Å². The minimum atomic E-state index is -0.229. The van der Waals surface area contributed by atoms with Crippen LogP contribution in [0.1, 0.15) is 21.5 Å². The van der Waals surface area contributed by atoms with Gasteiger partial charge in [0.25, 0.3) is 5.91 Å². The summed E-state index contributed by atoms with van der Waals surface area (Å²) >= 11 is 1.49. The molecule has 0 spiro atoms. The van der Waals surface area contributed by atoms with Crippen LogP contribution in [0.15, 0.2) is 64.6 Å². The molecule has 1 N–H and O–H groups in total. The van der Waals surface area contributed by atoms with Gasteiger partial charge in [0.1, 0.15) is 5.03 Å². The van der Waals surface area contributed by atoms with Crippen molar-refractivity contribution in [1.29, 1.82) is 0 Å². The molecule has 0 saturated heterocycles. The van der Waals surface area contributed by atoms with Crippen molar-refractivity contribution in [3.8, 4) is 11.5 Å². The third kappa shape index (κ3) is 4.46. The van der Waals surface area contributed by atoms with Crippen molar-refractivity contribution in [2.45, 2.75) is 23.8 Å². The number of nitrogens with one attached hydrogen (secondary N) is 1. The van der Waals surface area contributed by atoms with E-state index in [1.54, 1.807) is 50.7 Å². The van der Waals surface area contributed by atoms with E-state index in [2.05, 4.69) is 42.3 Å². The van der Waals surface area contributed by atoms with Crippen LogP contribution in [0, 0.1) is 13.8 Å². The molecule has 6 heteroatoms. The number of carbonyl (C=O) groups is 1. The van der Waals surface area contributed by atoms with Crippen molar-refractivity contribution < 1.29 is 14.3 Å². The maximum absolute atomic E-state index is 12.9. The molecule has 5 nitrogen and oxygen atoms in total. The summed E-state index contributed by atoms with van der Waals surface area (Å²) in [6.07, 6.45) is 1.69. The molecule has 28 heavy (non-hydrogen) atoms. The largest absolute Gasteiger partial charge is 0.493 e. The molecule has 1 heterocycles. The van der Waals surface area contributed by atoms with Crippen LogP contribution in [0.3, 0.4) is 0 Å². The van der Waals surface area contributed by atoms with Gasteiger partial charge < -0.3 is 14.8 Å². The van der Waals surface area contributed by atoms with E-state index >= 15 is 0 Å². The maximum atomic E-state index is 12.9. The molecule has 2 aromatic carbocycles. The number of methoxy groups -OCH3 is 2. The number of anilines is 1. The third-order valence-electron chi connectivity index (χ3n) is 4.19. The molecule has 0 aliphatic heterocycles. The molecule has 0 atom stereocenters. The topological polar surface area (TPSA) is 60.5 Å². The predicted molar refractivity (Wildman–Crippen MR) is 112 cm³/mol. The first kappa shape index (κ1) is 19.8. The van der Waals surface area contributed by atoms with E-state index in [1.165, 1.54) is 17.3 Å². The smallest absolute Gasteiger partial charge is 0.258 e. The fraction of sp³-hybridized carbons (Fsp3) is 0.182. The highest BCUT2D eigenvalue weighted by molar-refractivity contribution is 7.99. The lowest BCUT2D eigenvalue weighted by Gasteiger charge is -2.12. The van der Waals surface area contributed by atoms with E-state index in [0.717, 1.165) is 10.5 Å². The minimum Gasteiger partial charge on any atom is -0.493 e. The Morgan fingerprint density at radius 2 is 1.79 bits per heavy atom. The van der Waals surface area contributed by atoms with Crippen LogP contribution < -0.4 is 14.8 Å². The Morgan fingerprint density at radius 3 is 2.50 bits per heavy atom. The predicted octanol–water partition coefficient (Wildman–Crippen LogP) is 5.12. The molecule has 3 aromatic rings. The molecule has 1 aromatic heterocycles. The fourth-order valence-electron chi connectivity index (χ4n) is 2.78. The van der Waals surface area contributed by atoms with Gasteiger partial charge in [-0.3, -0.25) is 4.79 Å². The van der Waals surface area contributed by atoms with Crippen molar-refractivity contribution in [1.82, 2.24) is 4.98 Å². The molecule has 0 aliphatic rings. The molecule has 1 amide bonds. The first-order chi connectivity index (χ1) is 13.5. The second-order valence-electron chi connectivity index (χ2n) is 6.25. The van der Waals surface area contributed by atoms with Gasteiger partial charge in [-0.2, -0.15) is 0 Å². The van der Waals surface area contributed by atoms with E-state index < -0.39 is 0 Å². The zero-order chi connectivity index (χ0) is 20.1. The van der Waals surface area contributed by atoms with E-state index in [-0.39, 0.29) is 5.91 Å². The van der Waals surface area contributed by atoms with Crippen LogP contribution in [-0.2, 0) is 0 Å². The highest BCUT2D eigenvalue weighted by Gasteiger charge is 2.15. The summed E-state index contributed by atoms with van der Waals surface area (Å²) in [5.41, 5.74) is 3.49. The molecule has 0 saturated carbocycles. The Kier molecular flexibility index (Phi) is 6.21. The first-order valence-electron chi connectivity index (χ1n) is 8.75. The van der Waals surface area contributed by atoms with Gasteiger partial charge in [-0.25, -0.2) is 4.98 Å². The molecule has 0 aliphatic carbocycles. The summed E-state index contributed by atoms with van der Waals surface area (Å²) in [6.45, 7) is 4.12. The molecule has 0 fully saturated rings. The van der Waals surface area contributed by atoms with Gasteiger partial charge in [-0.15, -0.1) is 0 Å². The second-order valence-corrected chi connectivity index (χ2v) is 7.28. The van der Waals surface area contributed by atoms with Crippen molar-refractivity contribution in [2.24, 2.45) is 0 Å². The number of rotatable bonds is 6. The van der Waals surface area contributed by atoms with E-state index in [4.69, 9.17) is 9.47 Å².